The second-order valence-corrected chi connectivity index (χ2v) is 6.26. The van der Waals surface area contributed by atoms with E-state index < -0.39 is 5.97 Å². The van der Waals surface area contributed by atoms with Crippen molar-refractivity contribution in [2.75, 3.05) is 25.1 Å². The molecule has 1 fully saturated rings. The summed E-state index contributed by atoms with van der Waals surface area (Å²) in [5.74, 6) is -0.597. The van der Waals surface area contributed by atoms with Crippen molar-refractivity contribution in [3.05, 3.63) is 64.7 Å². The highest BCUT2D eigenvalue weighted by molar-refractivity contribution is 5.98. The van der Waals surface area contributed by atoms with Crippen molar-refractivity contribution in [1.82, 2.24) is 10.6 Å². The Balaban J connectivity index is 1.63. The predicted molar refractivity (Wildman–Crippen MR) is 101 cm³/mol. The van der Waals surface area contributed by atoms with Crippen LogP contribution in [0.2, 0.25) is 0 Å². The fraction of sp³-hybridized carbons (Fsp3) is 0.250. The number of esters is 1. The first-order valence-electron chi connectivity index (χ1n) is 8.61. The molecule has 140 valence electrons. The molecule has 2 aromatic rings. The zero-order chi connectivity index (χ0) is 19.4. The average molecular weight is 367 g/mol. The van der Waals surface area contributed by atoms with Gasteiger partial charge in [0.15, 0.2) is 0 Å². The lowest BCUT2D eigenvalue weighted by Gasteiger charge is -2.17. The molecule has 1 aliphatic rings. The number of ether oxygens (including phenoxy) is 1. The van der Waals surface area contributed by atoms with Crippen LogP contribution >= 0.6 is 0 Å². The normalized spacial score (nSPS) is 13.3. The Hall–Kier alpha value is -3.35. The molecular formula is C20H21N3O4. The van der Waals surface area contributed by atoms with Crippen molar-refractivity contribution in [3.8, 4) is 0 Å². The minimum Gasteiger partial charge on any atom is -0.465 e. The molecule has 0 spiro atoms. The summed E-state index contributed by atoms with van der Waals surface area (Å²) in [7, 11) is 1.33. The third-order valence-electron chi connectivity index (χ3n) is 4.43. The number of nitrogens with one attached hydrogen (secondary N) is 2. The maximum atomic E-state index is 12.4. The zero-order valence-corrected chi connectivity index (χ0v) is 15.2. The second kappa shape index (κ2) is 7.90. The van der Waals surface area contributed by atoms with E-state index in [0.29, 0.717) is 30.8 Å². The van der Waals surface area contributed by atoms with Crippen molar-refractivity contribution >= 4 is 23.6 Å². The van der Waals surface area contributed by atoms with Crippen molar-refractivity contribution < 1.29 is 19.1 Å². The maximum absolute atomic E-state index is 12.4. The quantitative estimate of drug-likeness (QED) is 0.794. The fourth-order valence-electron chi connectivity index (χ4n) is 2.96. The number of nitrogens with zero attached hydrogens (tertiary/aromatic N) is 1. The lowest BCUT2D eigenvalue weighted by atomic mass is 10.1. The van der Waals surface area contributed by atoms with Gasteiger partial charge in [0, 0.05) is 30.9 Å². The van der Waals surface area contributed by atoms with Gasteiger partial charge in [0.25, 0.3) is 5.91 Å². The molecule has 0 unspecified atom stereocenters. The molecule has 3 amide bonds. The van der Waals surface area contributed by atoms with Gasteiger partial charge in [0.2, 0.25) is 0 Å². The topological polar surface area (TPSA) is 87.7 Å². The van der Waals surface area contributed by atoms with E-state index in [1.54, 1.807) is 47.4 Å². The summed E-state index contributed by atoms with van der Waals surface area (Å²) in [6.07, 6.45) is 0. The van der Waals surface area contributed by atoms with E-state index in [2.05, 4.69) is 15.4 Å². The Morgan fingerprint density at radius 1 is 1.15 bits per heavy atom. The molecule has 0 bridgehead atoms. The molecule has 0 aromatic heterocycles. The van der Waals surface area contributed by atoms with E-state index in [1.165, 1.54) is 7.11 Å². The van der Waals surface area contributed by atoms with Crippen LogP contribution in [0.25, 0.3) is 0 Å². The fourth-order valence-corrected chi connectivity index (χ4v) is 2.96. The van der Waals surface area contributed by atoms with Gasteiger partial charge in [-0.3, -0.25) is 9.69 Å². The van der Waals surface area contributed by atoms with Gasteiger partial charge in [-0.1, -0.05) is 12.1 Å². The number of urea groups is 1. The number of hydrogen-bond acceptors (Lipinski definition) is 4. The molecule has 27 heavy (non-hydrogen) atoms. The largest absolute Gasteiger partial charge is 0.465 e. The van der Waals surface area contributed by atoms with Crippen molar-refractivity contribution in [2.24, 2.45) is 0 Å². The molecule has 1 saturated heterocycles. The summed E-state index contributed by atoms with van der Waals surface area (Å²) in [5, 5.41) is 5.62. The van der Waals surface area contributed by atoms with E-state index >= 15 is 0 Å². The lowest BCUT2D eigenvalue weighted by molar-refractivity contribution is 0.0600. The second-order valence-electron chi connectivity index (χ2n) is 6.26. The molecule has 1 aliphatic heterocycles. The number of hydrogen-bond donors (Lipinski definition) is 2. The minimum absolute atomic E-state index is 0.120. The van der Waals surface area contributed by atoms with Gasteiger partial charge in [-0.25, -0.2) is 9.59 Å². The Morgan fingerprint density at radius 3 is 2.44 bits per heavy atom. The van der Waals surface area contributed by atoms with Gasteiger partial charge in [-0.15, -0.1) is 0 Å². The third-order valence-corrected chi connectivity index (χ3v) is 4.43. The van der Waals surface area contributed by atoms with Crippen LogP contribution in [0.15, 0.2) is 42.5 Å². The summed E-state index contributed by atoms with van der Waals surface area (Å²) in [4.78, 5) is 37.3. The number of benzene rings is 2. The molecule has 7 heteroatoms. The van der Waals surface area contributed by atoms with E-state index in [1.807, 2.05) is 6.92 Å². The number of aryl methyl sites for hydroxylation is 1. The van der Waals surface area contributed by atoms with Crippen molar-refractivity contribution in [2.45, 2.75) is 13.5 Å². The smallest absolute Gasteiger partial charge is 0.337 e. The molecule has 0 saturated carbocycles. The monoisotopic (exact) mass is 367 g/mol. The lowest BCUT2D eigenvalue weighted by Crippen LogP contribution is -2.28. The van der Waals surface area contributed by atoms with Crippen LogP contribution in [0.4, 0.5) is 10.5 Å². The summed E-state index contributed by atoms with van der Waals surface area (Å²) < 4.78 is 4.66. The summed E-state index contributed by atoms with van der Waals surface area (Å²) in [6.45, 7) is 3.46. The minimum atomic E-state index is -0.396. The van der Waals surface area contributed by atoms with Crippen LogP contribution in [-0.4, -0.2) is 38.1 Å². The van der Waals surface area contributed by atoms with E-state index in [-0.39, 0.29) is 11.9 Å². The Labute approximate surface area is 157 Å². The number of anilines is 1. The van der Waals surface area contributed by atoms with Crippen LogP contribution < -0.4 is 15.5 Å². The van der Waals surface area contributed by atoms with Gasteiger partial charge in [-0.2, -0.15) is 0 Å². The standard InChI is InChI=1S/C20H21N3O4/c1-13-11-16(7-8-17(13)23-10-9-21-20(23)26)18(24)22-12-14-3-5-15(6-4-14)19(25)27-2/h3-8,11H,9-10,12H2,1-2H3,(H,21,26)(H,22,24). The highest BCUT2D eigenvalue weighted by Gasteiger charge is 2.22. The van der Waals surface area contributed by atoms with E-state index in [4.69, 9.17) is 0 Å². The number of amides is 3. The maximum Gasteiger partial charge on any atom is 0.337 e. The molecule has 0 radical (unpaired) electrons. The third kappa shape index (κ3) is 4.08. The molecule has 0 atom stereocenters. The molecule has 3 rings (SSSR count). The van der Waals surface area contributed by atoms with Gasteiger partial charge >= 0.3 is 12.0 Å². The van der Waals surface area contributed by atoms with Crippen LogP contribution in [0.5, 0.6) is 0 Å². The van der Waals surface area contributed by atoms with Crippen LogP contribution in [0.1, 0.15) is 31.8 Å². The Bertz CT molecular complexity index is 877. The highest BCUT2D eigenvalue weighted by atomic mass is 16.5. The van der Waals surface area contributed by atoms with Crippen LogP contribution in [0.3, 0.4) is 0 Å². The van der Waals surface area contributed by atoms with Crippen molar-refractivity contribution in [1.29, 1.82) is 0 Å². The first-order chi connectivity index (χ1) is 13.0. The Morgan fingerprint density at radius 2 is 1.85 bits per heavy atom. The van der Waals surface area contributed by atoms with Gasteiger partial charge in [-0.05, 0) is 48.4 Å². The zero-order valence-electron chi connectivity index (χ0n) is 15.2. The SMILES string of the molecule is COC(=O)c1ccc(CNC(=O)c2ccc(N3CCNC3=O)c(C)c2)cc1. The molecule has 2 N–H and O–H groups in total. The highest BCUT2D eigenvalue weighted by Crippen LogP contribution is 2.23. The number of methoxy groups -OCH3 is 1. The molecular weight excluding hydrogens is 346 g/mol. The van der Waals surface area contributed by atoms with E-state index in [0.717, 1.165) is 16.8 Å². The molecule has 2 aromatic carbocycles. The van der Waals surface area contributed by atoms with Gasteiger partial charge in [0.05, 0.1) is 12.7 Å². The number of rotatable bonds is 5. The molecule has 7 nitrogen and oxygen atoms in total. The average Bonchev–Trinajstić information content (AvgIpc) is 3.11. The first kappa shape index (κ1) is 18.4. The van der Waals surface area contributed by atoms with Crippen LogP contribution in [0, 0.1) is 6.92 Å². The van der Waals surface area contributed by atoms with Gasteiger partial charge < -0.3 is 15.4 Å². The van der Waals surface area contributed by atoms with Crippen LogP contribution in [-0.2, 0) is 11.3 Å². The Kier molecular flexibility index (Phi) is 5.40. The van der Waals surface area contributed by atoms with E-state index in [9.17, 15) is 14.4 Å². The van der Waals surface area contributed by atoms with Crippen molar-refractivity contribution in [3.63, 3.8) is 0 Å². The molecule has 1 heterocycles. The first-order valence-corrected chi connectivity index (χ1v) is 8.61. The number of carbonyl (C=O) groups excluding carboxylic acids is 3. The summed E-state index contributed by atoms with van der Waals surface area (Å²) in [6, 6.07) is 12.0. The number of carbonyl (C=O) groups is 3. The summed E-state index contributed by atoms with van der Waals surface area (Å²) in [5.41, 5.74) is 3.53. The van der Waals surface area contributed by atoms with Gasteiger partial charge in [0.1, 0.15) is 0 Å². The predicted octanol–water partition coefficient (Wildman–Crippen LogP) is 2.24. The summed E-state index contributed by atoms with van der Waals surface area (Å²) >= 11 is 0. The molecule has 0 aliphatic carbocycles.